The highest BCUT2D eigenvalue weighted by Gasteiger charge is 2.39. The second-order valence-electron chi connectivity index (χ2n) is 6.37. The molecule has 0 bridgehead atoms. The molecule has 2 aliphatic rings. The van der Waals surface area contributed by atoms with E-state index in [4.69, 9.17) is 9.47 Å². The van der Waals surface area contributed by atoms with Crippen molar-refractivity contribution < 1.29 is 9.47 Å². The van der Waals surface area contributed by atoms with Gasteiger partial charge in [0.1, 0.15) is 5.75 Å². The van der Waals surface area contributed by atoms with Gasteiger partial charge in [-0.2, -0.15) is 0 Å². The Bertz CT molecular complexity index is 477. The fraction of sp³-hybridized carbons (Fsp3) is 0.667. The number of aryl methyl sites for hydroxylation is 1. The van der Waals surface area contributed by atoms with E-state index in [1.165, 1.54) is 30.4 Å². The minimum atomic E-state index is 0.0965. The van der Waals surface area contributed by atoms with Gasteiger partial charge in [0.2, 0.25) is 0 Å². The maximum absolute atomic E-state index is 5.82. The molecule has 1 fully saturated rings. The van der Waals surface area contributed by atoms with Crippen molar-refractivity contribution >= 4 is 0 Å². The molecule has 3 heteroatoms. The number of rotatable bonds is 6. The topological polar surface area (TPSA) is 30.5 Å². The fourth-order valence-corrected chi connectivity index (χ4v) is 3.59. The van der Waals surface area contributed by atoms with Crippen LogP contribution in [-0.2, 0) is 11.2 Å². The number of fused-ring (bicyclic) bond motifs is 1. The lowest BCUT2D eigenvalue weighted by atomic mass is 9.74. The van der Waals surface area contributed by atoms with Crippen molar-refractivity contribution in [2.45, 2.75) is 57.1 Å². The highest BCUT2D eigenvalue weighted by Crippen LogP contribution is 2.42. The Morgan fingerprint density at radius 3 is 2.86 bits per heavy atom. The van der Waals surface area contributed by atoms with E-state index in [0.717, 1.165) is 38.2 Å². The zero-order chi connectivity index (χ0) is 14.7. The lowest BCUT2D eigenvalue weighted by molar-refractivity contribution is -0.0837. The highest BCUT2D eigenvalue weighted by atomic mass is 16.5. The van der Waals surface area contributed by atoms with Crippen LogP contribution in [0.1, 0.15) is 56.2 Å². The van der Waals surface area contributed by atoms with Gasteiger partial charge in [-0.1, -0.05) is 19.1 Å². The lowest BCUT2D eigenvalue weighted by Crippen LogP contribution is -2.42. The molecule has 0 saturated heterocycles. The van der Waals surface area contributed by atoms with Crippen molar-refractivity contribution in [1.29, 1.82) is 0 Å². The molecule has 1 saturated carbocycles. The molecule has 1 aliphatic carbocycles. The van der Waals surface area contributed by atoms with Crippen LogP contribution in [0.4, 0.5) is 0 Å². The van der Waals surface area contributed by atoms with Crippen LogP contribution in [0.25, 0.3) is 0 Å². The number of hydrogen-bond donors (Lipinski definition) is 1. The molecule has 0 spiro atoms. The Balaban J connectivity index is 1.79. The monoisotopic (exact) mass is 289 g/mol. The predicted octanol–water partition coefficient (Wildman–Crippen LogP) is 3.62. The van der Waals surface area contributed by atoms with Gasteiger partial charge < -0.3 is 14.8 Å². The van der Waals surface area contributed by atoms with E-state index in [1.807, 2.05) is 7.11 Å². The first-order valence-corrected chi connectivity index (χ1v) is 8.30. The van der Waals surface area contributed by atoms with Crippen molar-refractivity contribution in [3.8, 4) is 5.75 Å². The molecule has 0 amide bonds. The van der Waals surface area contributed by atoms with Crippen LogP contribution in [0.3, 0.4) is 0 Å². The van der Waals surface area contributed by atoms with E-state index in [2.05, 4.69) is 30.4 Å². The summed E-state index contributed by atoms with van der Waals surface area (Å²) in [5.74, 6) is 1.07. The quantitative estimate of drug-likeness (QED) is 0.867. The van der Waals surface area contributed by atoms with E-state index >= 15 is 0 Å². The molecule has 3 rings (SSSR count). The Kier molecular flexibility index (Phi) is 4.51. The molecule has 1 atom stereocenters. The van der Waals surface area contributed by atoms with Crippen molar-refractivity contribution in [3.63, 3.8) is 0 Å². The molecule has 1 aliphatic heterocycles. The highest BCUT2D eigenvalue weighted by molar-refractivity contribution is 5.39. The molecule has 0 aromatic heterocycles. The Morgan fingerprint density at radius 2 is 2.19 bits per heavy atom. The molecule has 21 heavy (non-hydrogen) atoms. The summed E-state index contributed by atoms with van der Waals surface area (Å²) in [7, 11) is 1.86. The standard InChI is InChI=1S/C18H27NO2/c1-3-19-16(13-18(20-2)9-5-10-18)14-7-8-17-15(12-14)6-4-11-21-17/h7-8,12,16,19H,3-6,9-11,13H2,1-2H3. The zero-order valence-electron chi connectivity index (χ0n) is 13.3. The molecule has 116 valence electrons. The Labute approximate surface area is 128 Å². The van der Waals surface area contributed by atoms with Crippen molar-refractivity contribution in [2.75, 3.05) is 20.3 Å². The van der Waals surface area contributed by atoms with Crippen LogP contribution in [0, 0.1) is 0 Å². The van der Waals surface area contributed by atoms with Gasteiger partial charge in [0.15, 0.2) is 0 Å². The maximum atomic E-state index is 5.82. The van der Waals surface area contributed by atoms with Gasteiger partial charge in [-0.25, -0.2) is 0 Å². The summed E-state index contributed by atoms with van der Waals surface area (Å²) < 4.78 is 11.5. The summed E-state index contributed by atoms with van der Waals surface area (Å²) in [4.78, 5) is 0. The summed E-state index contributed by atoms with van der Waals surface area (Å²) in [6.45, 7) is 4.02. The van der Waals surface area contributed by atoms with Crippen LogP contribution in [-0.4, -0.2) is 25.9 Å². The van der Waals surface area contributed by atoms with Crippen LogP contribution in [0.2, 0.25) is 0 Å². The molecule has 1 N–H and O–H groups in total. The van der Waals surface area contributed by atoms with Gasteiger partial charge in [-0.3, -0.25) is 0 Å². The molecular weight excluding hydrogens is 262 g/mol. The molecular formula is C18H27NO2. The first kappa shape index (κ1) is 14.9. The van der Waals surface area contributed by atoms with E-state index in [1.54, 1.807) is 0 Å². The van der Waals surface area contributed by atoms with Crippen molar-refractivity contribution in [1.82, 2.24) is 5.32 Å². The van der Waals surface area contributed by atoms with Crippen LogP contribution < -0.4 is 10.1 Å². The average Bonchev–Trinajstić information content (AvgIpc) is 2.49. The second-order valence-corrected chi connectivity index (χ2v) is 6.37. The smallest absolute Gasteiger partial charge is 0.122 e. The zero-order valence-corrected chi connectivity index (χ0v) is 13.3. The fourth-order valence-electron chi connectivity index (χ4n) is 3.59. The normalized spacial score (nSPS) is 21.0. The van der Waals surface area contributed by atoms with Crippen molar-refractivity contribution in [3.05, 3.63) is 29.3 Å². The predicted molar refractivity (Wildman–Crippen MR) is 84.9 cm³/mol. The molecule has 1 unspecified atom stereocenters. The minimum absolute atomic E-state index is 0.0965. The third kappa shape index (κ3) is 3.09. The van der Waals surface area contributed by atoms with Gasteiger partial charge in [-0.05, 0) is 62.3 Å². The molecule has 1 heterocycles. The van der Waals surface area contributed by atoms with Gasteiger partial charge in [-0.15, -0.1) is 0 Å². The maximum Gasteiger partial charge on any atom is 0.122 e. The van der Waals surface area contributed by atoms with Gasteiger partial charge in [0, 0.05) is 13.2 Å². The van der Waals surface area contributed by atoms with Gasteiger partial charge >= 0.3 is 0 Å². The van der Waals surface area contributed by atoms with Crippen LogP contribution in [0.5, 0.6) is 5.75 Å². The first-order valence-electron chi connectivity index (χ1n) is 8.30. The second kappa shape index (κ2) is 6.37. The summed E-state index contributed by atoms with van der Waals surface area (Å²) in [5, 5.41) is 3.64. The number of nitrogens with one attached hydrogen (secondary N) is 1. The molecule has 1 aromatic carbocycles. The SMILES string of the molecule is CCNC(CC1(OC)CCC1)c1ccc2c(c1)CCCO2. The van der Waals surface area contributed by atoms with Crippen molar-refractivity contribution in [2.24, 2.45) is 0 Å². The van der Waals surface area contributed by atoms with E-state index in [-0.39, 0.29) is 5.60 Å². The van der Waals surface area contributed by atoms with Crippen LogP contribution in [0.15, 0.2) is 18.2 Å². The number of methoxy groups -OCH3 is 1. The Hall–Kier alpha value is -1.06. The van der Waals surface area contributed by atoms with E-state index < -0.39 is 0 Å². The first-order chi connectivity index (χ1) is 10.3. The largest absolute Gasteiger partial charge is 0.493 e. The van der Waals surface area contributed by atoms with Gasteiger partial charge in [0.25, 0.3) is 0 Å². The summed E-state index contributed by atoms with van der Waals surface area (Å²) in [5.41, 5.74) is 2.84. The number of ether oxygens (including phenoxy) is 2. The van der Waals surface area contributed by atoms with E-state index in [0.29, 0.717) is 6.04 Å². The molecule has 1 aromatic rings. The summed E-state index contributed by atoms with van der Waals surface area (Å²) >= 11 is 0. The molecule has 0 radical (unpaired) electrons. The third-order valence-electron chi connectivity index (χ3n) is 5.06. The van der Waals surface area contributed by atoms with Crippen LogP contribution >= 0.6 is 0 Å². The van der Waals surface area contributed by atoms with Gasteiger partial charge in [0.05, 0.1) is 12.2 Å². The summed E-state index contributed by atoms with van der Waals surface area (Å²) in [6.07, 6.45) is 7.02. The lowest BCUT2D eigenvalue weighted by Gasteiger charge is -2.43. The average molecular weight is 289 g/mol. The minimum Gasteiger partial charge on any atom is -0.493 e. The Morgan fingerprint density at radius 1 is 1.33 bits per heavy atom. The summed E-state index contributed by atoms with van der Waals surface area (Å²) in [6, 6.07) is 7.08. The third-order valence-corrected chi connectivity index (χ3v) is 5.06. The van der Waals surface area contributed by atoms with E-state index in [9.17, 15) is 0 Å². The number of benzene rings is 1. The molecule has 3 nitrogen and oxygen atoms in total. The number of hydrogen-bond acceptors (Lipinski definition) is 3.